The molecule has 0 saturated carbocycles. The Morgan fingerprint density at radius 2 is 1.76 bits per heavy atom. The van der Waals surface area contributed by atoms with E-state index in [1.807, 2.05) is 61.5 Å². The van der Waals surface area contributed by atoms with Crippen molar-refractivity contribution in [1.29, 1.82) is 0 Å². The van der Waals surface area contributed by atoms with Crippen LogP contribution < -0.4 is 9.64 Å². The van der Waals surface area contributed by atoms with Crippen LogP contribution in [0, 0.1) is 0 Å². The summed E-state index contributed by atoms with van der Waals surface area (Å²) in [5.74, 6) is 0.595. The minimum absolute atomic E-state index is 0.184. The molecular formula is C22H22ClN3O2S. The van der Waals surface area contributed by atoms with E-state index < -0.39 is 0 Å². The third kappa shape index (κ3) is 4.60. The molecule has 0 aromatic heterocycles. The van der Waals surface area contributed by atoms with E-state index in [-0.39, 0.29) is 5.91 Å². The van der Waals surface area contributed by atoms with Gasteiger partial charge in [-0.1, -0.05) is 29.8 Å². The lowest BCUT2D eigenvalue weighted by atomic mass is 10.2. The van der Waals surface area contributed by atoms with E-state index in [1.165, 1.54) is 17.4 Å². The Bertz CT molecular complexity index is 951. The lowest BCUT2D eigenvalue weighted by Gasteiger charge is -2.36. The number of hydrogen-bond donors (Lipinski definition) is 0. The van der Waals surface area contributed by atoms with Gasteiger partial charge in [0.25, 0.3) is 5.91 Å². The number of hydrogen-bond acceptors (Lipinski definition) is 5. The lowest BCUT2D eigenvalue weighted by molar-refractivity contribution is -0.113. The van der Waals surface area contributed by atoms with Crippen molar-refractivity contribution in [2.45, 2.75) is 6.92 Å². The normalized spacial score (nSPS) is 18.3. The van der Waals surface area contributed by atoms with Crippen molar-refractivity contribution >= 4 is 46.2 Å². The molecule has 0 unspecified atom stereocenters. The number of para-hydroxylation sites is 1. The van der Waals surface area contributed by atoms with E-state index in [2.05, 4.69) is 14.8 Å². The van der Waals surface area contributed by atoms with Crippen LogP contribution in [0.15, 0.2) is 58.4 Å². The number of nitrogens with zero attached hydrogens (tertiary/aromatic N) is 3. The van der Waals surface area contributed by atoms with Gasteiger partial charge in [0.2, 0.25) is 0 Å². The number of piperazine rings is 1. The number of halogens is 1. The van der Waals surface area contributed by atoms with E-state index in [1.54, 1.807) is 0 Å². The third-order valence-electron chi connectivity index (χ3n) is 4.86. The van der Waals surface area contributed by atoms with Gasteiger partial charge in [0.05, 0.1) is 11.5 Å². The van der Waals surface area contributed by atoms with Crippen molar-refractivity contribution in [3.63, 3.8) is 0 Å². The van der Waals surface area contributed by atoms with Crippen LogP contribution in [-0.2, 0) is 4.79 Å². The molecule has 2 aromatic carbocycles. The summed E-state index contributed by atoms with van der Waals surface area (Å²) in [7, 11) is 0. The predicted molar refractivity (Wildman–Crippen MR) is 121 cm³/mol. The molecule has 2 aliphatic rings. The fourth-order valence-corrected chi connectivity index (χ4v) is 4.45. The highest BCUT2D eigenvalue weighted by molar-refractivity contribution is 8.18. The molecule has 4 rings (SSSR count). The second-order valence-electron chi connectivity index (χ2n) is 6.73. The predicted octanol–water partition coefficient (Wildman–Crippen LogP) is 4.53. The minimum atomic E-state index is -0.184. The van der Waals surface area contributed by atoms with Crippen molar-refractivity contribution in [1.82, 2.24) is 4.90 Å². The fraction of sp³-hybridized carbons (Fsp3) is 0.273. The molecule has 2 heterocycles. The van der Waals surface area contributed by atoms with Crippen LogP contribution in [0.4, 0.5) is 5.69 Å². The van der Waals surface area contributed by atoms with Crippen LogP contribution in [0.3, 0.4) is 0 Å². The van der Waals surface area contributed by atoms with Gasteiger partial charge in [-0.15, -0.1) is 0 Å². The first-order valence-electron chi connectivity index (χ1n) is 9.64. The molecule has 2 aliphatic heterocycles. The topological polar surface area (TPSA) is 45.1 Å². The first-order chi connectivity index (χ1) is 14.1. The van der Waals surface area contributed by atoms with Crippen LogP contribution in [0.25, 0.3) is 6.08 Å². The summed E-state index contributed by atoms with van der Waals surface area (Å²) < 4.78 is 5.66. The first kappa shape index (κ1) is 19.9. The van der Waals surface area contributed by atoms with Crippen LogP contribution in [0.1, 0.15) is 12.5 Å². The molecular weight excluding hydrogens is 406 g/mol. The number of carbonyl (C=O) groups excluding carboxylic acids is 1. The van der Waals surface area contributed by atoms with E-state index in [0.717, 1.165) is 47.7 Å². The monoisotopic (exact) mass is 427 g/mol. The molecule has 1 fully saturated rings. The number of amidine groups is 1. The molecule has 0 atom stereocenters. The van der Waals surface area contributed by atoms with Crippen LogP contribution in [0.5, 0.6) is 5.75 Å². The average molecular weight is 428 g/mol. The van der Waals surface area contributed by atoms with Crippen molar-refractivity contribution in [2.75, 3.05) is 37.7 Å². The molecule has 0 spiro atoms. The molecule has 150 valence electrons. The maximum atomic E-state index is 12.5. The zero-order valence-corrected chi connectivity index (χ0v) is 17.7. The molecule has 7 heteroatoms. The highest BCUT2D eigenvalue weighted by Crippen LogP contribution is 2.33. The number of amides is 1. The maximum absolute atomic E-state index is 12.5. The molecule has 1 amide bonds. The summed E-state index contributed by atoms with van der Waals surface area (Å²) in [6, 6.07) is 15.6. The zero-order chi connectivity index (χ0) is 20.2. The number of rotatable bonds is 4. The molecule has 0 radical (unpaired) electrons. The number of benzene rings is 2. The van der Waals surface area contributed by atoms with Gasteiger partial charge in [0.1, 0.15) is 5.75 Å². The van der Waals surface area contributed by atoms with Crippen molar-refractivity contribution in [3.8, 4) is 5.75 Å². The summed E-state index contributed by atoms with van der Waals surface area (Å²) in [6.45, 7) is 5.93. The number of thioether (sulfide) groups is 1. The first-order valence-corrected chi connectivity index (χ1v) is 10.8. The Balaban J connectivity index is 1.41. The smallest absolute Gasteiger partial charge is 0.286 e. The van der Waals surface area contributed by atoms with Crippen LogP contribution in [0.2, 0.25) is 5.02 Å². The zero-order valence-electron chi connectivity index (χ0n) is 16.2. The second kappa shape index (κ2) is 8.93. The highest BCUT2D eigenvalue weighted by atomic mass is 35.5. The van der Waals surface area contributed by atoms with Gasteiger partial charge in [0.15, 0.2) is 5.17 Å². The van der Waals surface area contributed by atoms with Crippen LogP contribution in [-0.4, -0.2) is 48.8 Å². The maximum Gasteiger partial charge on any atom is 0.286 e. The Morgan fingerprint density at radius 1 is 1.07 bits per heavy atom. The van der Waals surface area contributed by atoms with Crippen molar-refractivity contribution in [2.24, 2.45) is 4.99 Å². The quantitative estimate of drug-likeness (QED) is 0.671. The number of aliphatic imine (C=N–C) groups is 1. The molecule has 2 aromatic rings. The van der Waals surface area contributed by atoms with Crippen molar-refractivity contribution in [3.05, 3.63) is 64.0 Å². The summed E-state index contributed by atoms with van der Waals surface area (Å²) in [5, 5.41) is 1.53. The van der Waals surface area contributed by atoms with Gasteiger partial charge in [0, 0.05) is 42.5 Å². The van der Waals surface area contributed by atoms with Gasteiger partial charge in [-0.05, 0) is 55.1 Å². The molecule has 5 nitrogen and oxygen atoms in total. The second-order valence-corrected chi connectivity index (χ2v) is 8.18. The Hall–Kier alpha value is -2.44. The van der Waals surface area contributed by atoms with Gasteiger partial charge in [-0.25, -0.2) is 0 Å². The van der Waals surface area contributed by atoms with E-state index in [9.17, 15) is 4.79 Å². The summed E-state index contributed by atoms with van der Waals surface area (Å²) in [4.78, 5) is 21.9. The Kier molecular flexibility index (Phi) is 6.11. The van der Waals surface area contributed by atoms with Gasteiger partial charge in [-0.2, -0.15) is 4.99 Å². The summed E-state index contributed by atoms with van der Waals surface area (Å²) in [5.41, 5.74) is 2.06. The largest absolute Gasteiger partial charge is 0.493 e. The van der Waals surface area contributed by atoms with Gasteiger partial charge >= 0.3 is 0 Å². The lowest BCUT2D eigenvalue weighted by Crippen LogP contribution is -2.47. The average Bonchev–Trinajstić information content (AvgIpc) is 3.11. The minimum Gasteiger partial charge on any atom is -0.493 e. The Morgan fingerprint density at radius 3 is 2.48 bits per heavy atom. The molecule has 29 heavy (non-hydrogen) atoms. The SMILES string of the molecule is CCOc1ccccc1/C=C1/SC(N2CCN(c3ccc(Cl)cc3)CC2)=NC1=O. The highest BCUT2D eigenvalue weighted by Gasteiger charge is 2.28. The van der Waals surface area contributed by atoms with Crippen molar-refractivity contribution < 1.29 is 9.53 Å². The Labute approximate surface area is 180 Å². The molecule has 0 bridgehead atoms. The van der Waals surface area contributed by atoms with Gasteiger partial charge in [-0.3, -0.25) is 4.79 Å². The number of ether oxygens (including phenoxy) is 1. The van der Waals surface area contributed by atoms with Crippen LogP contribution >= 0.6 is 23.4 Å². The van der Waals surface area contributed by atoms with Gasteiger partial charge < -0.3 is 14.5 Å². The summed E-state index contributed by atoms with van der Waals surface area (Å²) in [6.07, 6.45) is 1.87. The molecule has 1 saturated heterocycles. The molecule has 0 N–H and O–H groups in total. The standard InChI is InChI=1S/C22H22ClN3O2S/c1-2-28-19-6-4-3-5-16(19)15-20-21(27)24-22(29-20)26-13-11-25(12-14-26)18-9-7-17(23)8-10-18/h3-10,15H,2,11-14H2,1H3/b20-15+. The third-order valence-corrected chi connectivity index (χ3v) is 6.15. The number of carbonyl (C=O) groups is 1. The van der Waals surface area contributed by atoms with E-state index >= 15 is 0 Å². The fourth-order valence-electron chi connectivity index (χ4n) is 3.37. The summed E-state index contributed by atoms with van der Waals surface area (Å²) >= 11 is 7.42. The van der Waals surface area contributed by atoms with E-state index in [4.69, 9.17) is 16.3 Å². The molecule has 0 aliphatic carbocycles. The van der Waals surface area contributed by atoms with E-state index in [0.29, 0.717) is 11.5 Å². The number of anilines is 1.